The molecule has 0 aliphatic heterocycles. The van der Waals surface area contributed by atoms with Gasteiger partial charge in [-0.25, -0.2) is 0 Å². The number of rotatable bonds is 7. The van der Waals surface area contributed by atoms with Gasteiger partial charge in [-0.2, -0.15) is 13.2 Å². The second-order valence-corrected chi connectivity index (χ2v) is 12.3. The molecule has 0 bridgehead atoms. The molecule has 3 aliphatic carbocycles. The molecule has 0 heterocycles. The maximum absolute atomic E-state index is 13.0. The first-order valence-electron chi connectivity index (χ1n) is 13.3. The molecule has 1 nitrogen and oxygen atoms in total. The SMILES string of the molecule is CCC1CCC2(C)C(C(C)CCC(C)C(F)(F)F)CCC2C1CC=C1CCCC(C)(O)C1. The molecule has 0 saturated heterocycles. The minimum absolute atomic E-state index is 0.259. The smallest absolute Gasteiger partial charge is 0.390 e. The Morgan fingerprint density at radius 3 is 2.44 bits per heavy atom. The molecule has 32 heavy (non-hydrogen) atoms. The maximum Gasteiger partial charge on any atom is 0.391 e. The maximum atomic E-state index is 13.0. The molecule has 0 amide bonds. The molecule has 8 atom stereocenters. The van der Waals surface area contributed by atoms with Crippen molar-refractivity contribution >= 4 is 0 Å². The van der Waals surface area contributed by atoms with E-state index in [1.807, 2.05) is 6.92 Å². The topological polar surface area (TPSA) is 20.2 Å². The van der Waals surface area contributed by atoms with Gasteiger partial charge in [-0.1, -0.05) is 45.8 Å². The Labute approximate surface area is 194 Å². The fourth-order valence-corrected chi connectivity index (χ4v) is 7.92. The molecule has 0 radical (unpaired) electrons. The summed E-state index contributed by atoms with van der Waals surface area (Å²) in [7, 11) is 0. The molecule has 0 aromatic heterocycles. The van der Waals surface area contributed by atoms with Crippen LogP contribution in [0.3, 0.4) is 0 Å². The number of hydrogen-bond donors (Lipinski definition) is 1. The van der Waals surface area contributed by atoms with E-state index in [-0.39, 0.29) is 11.8 Å². The summed E-state index contributed by atoms with van der Waals surface area (Å²) in [5, 5.41) is 10.5. The lowest BCUT2D eigenvalue weighted by Gasteiger charge is -2.50. The molecule has 4 heteroatoms. The van der Waals surface area contributed by atoms with Crippen LogP contribution in [0.15, 0.2) is 11.6 Å². The van der Waals surface area contributed by atoms with Crippen molar-refractivity contribution in [2.45, 2.75) is 123 Å². The molecular weight excluding hydrogens is 409 g/mol. The van der Waals surface area contributed by atoms with Gasteiger partial charge in [0.15, 0.2) is 0 Å². The number of fused-ring (bicyclic) bond motifs is 1. The van der Waals surface area contributed by atoms with Crippen LogP contribution in [0.2, 0.25) is 0 Å². The van der Waals surface area contributed by atoms with Crippen molar-refractivity contribution in [3.05, 3.63) is 11.6 Å². The van der Waals surface area contributed by atoms with E-state index in [2.05, 4.69) is 26.8 Å². The second kappa shape index (κ2) is 10.0. The molecule has 186 valence electrons. The summed E-state index contributed by atoms with van der Waals surface area (Å²) in [6.07, 6.45) is 10.5. The lowest BCUT2D eigenvalue weighted by molar-refractivity contribution is -0.172. The molecule has 0 aromatic carbocycles. The van der Waals surface area contributed by atoms with Crippen LogP contribution >= 0.6 is 0 Å². The van der Waals surface area contributed by atoms with Crippen molar-refractivity contribution in [1.29, 1.82) is 0 Å². The van der Waals surface area contributed by atoms with Gasteiger partial charge in [0.25, 0.3) is 0 Å². The zero-order valence-corrected chi connectivity index (χ0v) is 21.1. The van der Waals surface area contributed by atoms with Crippen molar-refractivity contribution < 1.29 is 18.3 Å². The normalized spacial score (nSPS) is 41.5. The Morgan fingerprint density at radius 2 is 1.81 bits per heavy atom. The first-order valence-corrected chi connectivity index (χ1v) is 13.3. The Hall–Kier alpha value is -0.510. The standard InChI is InChI=1S/C28H47F3O/c1-6-22-15-17-27(5)24(19(2)9-10-20(3)28(29,30)31)13-14-25(27)23(22)12-11-21-8-7-16-26(4,32)18-21/h11,19-20,22-25,32H,6-10,12-18H2,1-5H3. The van der Waals surface area contributed by atoms with Gasteiger partial charge in [-0.05, 0) is 113 Å². The average Bonchev–Trinajstić information content (AvgIpc) is 3.05. The summed E-state index contributed by atoms with van der Waals surface area (Å²) in [4.78, 5) is 0. The Kier molecular flexibility index (Phi) is 8.16. The first kappa shape index (κ1) is 26.1. The van der Waals surface area contributed by atoms with Crippen LogP contribution < -0.4 is 0 Å². The van der Waals surface area contributed by atoms with Gasteiger partial charge in [-0.3, -0.25) is 0 Å². The fraction of sp³-hybridized carbons (Fsp3) is 0.929. The lowest BCUT2D eigenvalue weighted by Crippen LogP contribution is -2.42. The number of allylic oxidation sites excluding steroid dienone is 1. The molecule has 3 rings (SSSR count). The predicted molar refractivity (Wildman–Crippen MR) is 126 cm³/mol. The fourth-order valence-electron chi connectivity index (χ4n) is 7.92. The molecule has 0 aromatic rings. The molecule has 3 fully saturated rings. The van der Waals surface area contributed by atoms with Crippen molar-refractivity contribution in [2.24, 2.45) is 40.9 Å². The van der Waals surface area contributed by atoms with E-state index in [0.29, 0.717) is 30.1 Å². The molecule has 3 saturated carbocycles. The van der Waals surface area contributed by atoms with Crippen LogP contribution in [0.1, 0.15) is 112 Å². The summed E-state index contributed by atoms with van der Waals surface area (Å²) >= 11 is 0. The van der Waals surface area contributed by atoms with E-state index >= 15 is 0 Å². The molecule has 0 spiro atoms. The monoisotopic (exact) mass is 456 g/mol. The van der Waals surface area contributed by atoms with E-state index in [1.54, 1.807) is 0 Å². The number of halogens is 3. The van der Waals surface area contributed by atoms with Gasteiger partial charge in [0.1, 0.15) is 0 Å². The second-order valence-electron chi connectivity index (χ2n) is 12.3. The van der Waals surface area contributed by atoms with Gasteiger partial charge in [0.05, 0.1) is 11.5 Å². The number of hydrogen-bond acceptors (Lipinski definition) is 1. The molecule has 3 aliphatic rings. The molecule has 8 unspecified atom stereocenters. The van der Waals surface area contributed by atoms with Crippen molar-refractivity contribution in [1.82, 2.24) is 0 Å². The largest absolute Gasteiger partial charge is 0.391 e. The van der Waals surface area contributed by atoms with Gasteiger partial charge in [0, 0.05) is 0 Å². The van der Waals surface area contributed by atoms with Crippen LogP contribution in [0.5, 0.6) is 0 Å². The Balaban J connectivity index is 1.69. The number of alkyl halides is 3. The highest BCUT2D eigenvalue weighted by Crippen LogP contribution is 2.62. The third-order valence-corrected chi connectivity index (χ3v) is 9.98. The van der Waals surface area contributed by atoms with E-state index < -0.39 is 17.7 Å². The quantitative estimate of drug-likeness (QED) is 0.380. The Bertz CT molecular complexity index is 652. The minimum atomic E-state index is -4.07. The molecular formula is C28H47F3O. The van der Waals surface area contributed by atoms with Gasteiger partial charge >= 0.3 is 6.18 Å². The summed E-state index contributed by atoms with van der Waals surface area (Å²) in [5.74, 6) is 1.85. The highest BCUT2D eigenvalue weighted by molar-refractivity contribution is 5.12. The van der Waals surface area contributed by atoms with Gasteiger partial charge in [0.2, 0.25) is 0 Å². The summed E-state index contributed by atoms with van der Waals surface area (Å²) < 4.78 is 39.1. The summed E-state index contributed by atoms with van der Waals surface area (Å²) in [5.41, 5.74) is 1.16. The van der Waals surface area contributed by atoms with Crippen LogP contribution in [0.25, 0.3) is 0 Å². The highest BCUT2D eigenvalue weighted by atomic mass is 19.4. The summed E-state index contributed by atoms with van der Waals surface area (Å²) in [6.45, 7) is 10.3. The zero-order chi connectivity index (χ0) is 23.7. The number of aliphatic hydroxyl groups is 1. The van der Waals surface area contributed by atoms with E-state index in [9.17, 15) is 18.3 Å². The predicted octanol–water partition coefficient (Wildman–Crippen LogP) is 8.71. The van der Waals surface area contributed by atoms with E-state index in [0.717, 1.165) is 38.0 Å². The van der Waals surface area contributed by atoms with Crippen LogP contribution in [0, 0.1) is 40.9 Å². The van der Waals surface area contributed by atoms with Gasteiger partial charge in [-0.15, -0.1) is 0 Å². The van der Waals surface area contributed by atoms with Crippen LogP contribution in [-0.4, -0.2) is 16.9 Å². The third-order valence-electron chi connectivity index (χ3n) is 9.98. The van der Waals surface area contributed by atoms with E-state index in [1.165, 1.54) is 44.6 Å². The van der Waals surface area contributed by atoms with Crippen molar-refractivity contribution in [3.63, 3.8) is 0 Å². The minimum Gasteiger partial charge on any atom is -0.390 e. The Morgan fingerprint density at radius 1 is 1.09 bits per heavy atom. The zero-order valence-electron chi connectivity index (χ0n) is 21.1. The summed E-state index contributed by atoms with van der Waals surface area (Å²) in [6, 6.07) is 0. The van der Waals surface area contributed by atoms with Gasteiger partial charge < -0.3 is 5.11 Å². The van der Waals surface area contributed by atoms with E-state index in [4.69, 9.17) is 0 Å². The first-order chi connectivity index (χ1) is 14.9. The lowest BCUT2D eigenvalue weighted by atomic mass is 9.55. The molecule has 1 N–H and O–H groups in total. The highest BCUT2D eigenvalue weighted by Gasteiger charge is 2.54. The van der Waals surface area contributed by atoms with Crippen LogP contribution in [0.4, 0.5) is 13.2 Å². The average molecular weight is 457 g/mol. The van der Waals surface area contributed by atoms with Crippen molar-refractivity contribution in [2.75, 3.05) is 0 Å². The third kappa shape index (κ3) is 5.76. The van der Waals surface area contributed by atoms with Crippen LogP contribution in [-0.2, 0) is 0 Å². The van der Waals surface area contributed by atoms with Crippen molar-refractivity contribution in [3.8, 4) is 0 Å².